The maximum atomic E-state index is 14.0. The number of ether oxygens (including phenoxy) is 2. The van der Waals surface area contributed by atoms with Crippen LogP contribution < -0.4 is 0 Å². The van der Waals surface area contributed by atoms with Crippen LogP contribution in [0.25, 0.3) is 11.1 Å². The molecule has 0 heterocycles. The van der Waals surface area contributed by atoms with E-state index in [0.717, 1.165) is 0 Å². The van der Waals surface area contributed by atoms with E-state index in [2.05, 4.69) is 9.58 Å². The van der Waals surface area contributed by atoms with E-state index in [1.165, 1.54) is 0 Å². The quantitative estimate of drug-likeness (QED) is 0.453. The third kappa shape index (κ3) is 0.708. The van der Waals surface area contributed by atoms with Crippen LogP contribution in [0, 0.1) is 92.7 Å². The van der Waals surface area contributed by atoms with Crippen molar-refractivity contribution in [3.05, 3.63) is 11.1 Å². The van der Waals surface area contributed by atoms with Gasteiger partial charge < -0.3 is 20.5 Å². The molecular weight excluding hydrogens is 408 g/mol. The van der Waals surface area contributed by atoms with E-state index in [-0.39, 0.29) is 80.9 Å². The van der Waals surface area contributed by atoms with Gasteiger partial charge >= 0.3 is 11.4 Å². The topological polar surface area (TPSA) is 125 Å². The van der Waals surface area contributed by atoms with Gasteiger partial charge in [0.05, 0.1) is 24.0 Å². The summed E-state index contributed by atoms with van der Waals surface area (Å²) in [5.74, 6) is 1.50. The molecule has 32 heavy (non-hydrogen) atoms. The van der Waals surface area contributed by atoms with Crippen LogP contribution in [0.3, 0.4) is 0 Å². The number of carbonyl (C=O) groups is 2. The zero-order chi connectivity index (χ0) is 21.2. The fourth-order valence-electron chi connectivity index (χ4n) is 16.9. The number of rotatable bonds is 2. The average molecular weight is 428 g/mol. The van der Waals surface area contributed by atoms with Gasteiger partial charge in [0, 0.05) is 47.7 Å². The molecule has 8 nitrogen and oxygen atoms in total. The Morgan fingerprint density at radius 2 is 0.969 bits per heavy atom. The highest BCUT2D eigenvalue weighted by atomic mass is 16.5. The first-order valence-corrected chi connectivity index (χ1v) is 12.2. The number of hydrogen-bond acceptors (Lipinski definition) is 4. The molecule has 0 aromatic carbocycles. The number of ketones is 2. The molecule has 8 heteroatoms. The molecule has 0 N–H and O–H groups in total. The summed E-state index contributed by atoms with van der Waals surface area (Å²) >= 11 is 0. The number of carbonyl (C=O) groups excluding carboxylic acids is 2. The third-order valence-electron chi connectivity index (χ3n) is 14.7. The van der Waals surface area contributed by atoms with Crippen LogP contribution in [0.4, 0.5) is 0 Å². The predicted octanol–water partition coefficient (Wildman–Crippen LogP) is -0.0142. The molecule has 16 aliphatic rings. The van der Waals surface area contributed by atoms with Crippen molar-refractivity contribution in [3.63, 3.8) is 0 Å². The number of nitrogens with zero attached hydrogens (tertiary/aromatic N) is 4. The molecule has 160 valence electrons. The van der Waals surface area contributed by atoms with Crippen LogP contribution >= 0.6 is 0 Å². The highest BCUT2D eigenvalue weighted by molar-refractivity contribution is 6.46. The molecule has 0 saturated heterocycles. The summed E-state index contributed by atoms with van der Waals surface area (Å²) < 4.78 is 12.6. The van der Waals surface area contributed by atoms with Crippen molar-refractivity contribution < 1.29 is 28.6 Å². The average Bonchev–Trinajstić information content (AvgIpc) is 3.51. The van der Waals surface area contributed by atoms with Crippen LogP contribution in [-0.2, 0) is 19.1 Å². The van der Waals surface area contributed by atoms with Crippen molar-refractivity contribution in [2.24, 2.45) is 92.7 Å². The lowest BCUT2D eigenvalue weighted by Gasteiger charge is -2.79. The minimum Gasteiger partial charge on any atom is -0.381 e. The lowest BCUT2D eigenvalue weighted by atomic mass is 9.21. The van der Waals surface area contributed by atoms with Crippen molar-refractivity contribution in [3.8, 4) is 0 Å². The Morgan fingerprint density at radius 3 is 1.28 bits per heavy atom. The molecule has 16 saturated carbocycles. The summed E-state index contributed by atoms with van der Waals surface area (Å²) in [7, 11) is 3.65. The van der Waals surface area contributed by atoms with Gasteiger partial charge in [-0.3, -0.25) is 9.59 Å². The molecule has 0 aliphatic heterocycles. The van der Waals surface area contributed by atoms with Crippen LogP contribution in [0.2, 0.25) is 0 Å². The van der Waals surface area contributed by atoms with Crippen molar-refractivity contribution in [1.82, 2.24) is 0 Å². The van der Waals surface area contributed by atoms with Crippen molar-refractivity contribution in [2.75, 3.05) is 14.2 Å². The SMILES string of the molecule is COC1C2C3C4C5C(OC)C3C36C7C(=[N+]=[N-])C(=O)C8C9C7C7C(=O)C(=[N+]=[N-])C9C(C14)(C853)C726. The van der Waals surface area contributed by atoms with Crippen molar-refractivity contribution in [2.45, 2.75) is 12.2 Å². The van der Waals surface area contributed by atoms with Gasteiger partial charge in [0.1, 0.15) is 0 Å². The fraction of sp³-hybridized carbons (Fsp3) is 0.833. The molecule has 0 radical (unpaired) electrons. The van der Waals surface area contributed by atoms with Gasteiger partial charge in [-0.05, 0) is 47.3 Å². The molecule has 0 aromatic heterocycles. The van der Waals surface area contributed by atoms with Crippen LogP contribution in [0.5, 0.6) is 0 Å². The standard InChI is InChI=1S/C24H20N4O4/c1-31-19-11-5-6-12-20(32-2)14(5)24-10-3-4-8(16(28-26)18(10)30)22(12,24)23(13(6)19)9(4)17(29)15(27-25)7(3)21(11,23)24/h3-14,19-20H,1-2H3. The summed E-state index contributed by atoms with van der Waals surface area (Å²) in [5, 5.41) is 0. The Hall–Kier alpha value is -1.98. The monoisotopic (exact) mass is 428 g/mol. The first-order chi connectivity index (χ1) is 15.6. The van der Waals surface area contributed by atoms with Gasteiger partial charge in [-0.2, -0.15) is 9.58 Å². The van der Waals surface area contributed by atoms with E-state index < -0.39 is 0 Å². The van der Waals surface area contributed by atoms with Crippen LogP contribution in [0.15, 0.2) is 0 Å². The second-order valence-corrected chi connectivity index (χ2v) is 12.9. The van der Waals surface area contributed by atoms with Crippen LogP contribution in [0.1, 0.15) is 0 Å². The molecular formula is C24H20N4O4. The predicted molar refractivity (Wildman–Crippen MR) is 100 cm³/mol. The highest BCUT2D eigenvalue weighted by Crippen LogP contribution is 3.19. The van der Waals surface area contributed by atoms with Crippen molar-refractivity contribution in [1.29, 1.82) is 0 Å². The molecule has 16 fully saturated rings. The first-order valence-electron chi connectivity index (χ1n) is 12.2. The Labute approximate surface area is 182 Å². The van der Waals surface area contributed by atoms with Gasteiger partial charge in [-0.25, -0.2) is 0 Å². The highest BCUT2D eigenvalue weighted by Gasteiger charge is 3.23. The minimum absolute atomic E-state index is 0.00908. The van der Waals surface area contributed by atoms with E-state index >= 15 is 0 Å². The minimum atomic E-state index is -0.230. The zero-order valence-corrected chi connectivity index (χ0v) is 17.5. The molecule has 14 unspecified atom stereocenters. The molecule has 0 amide bonds. The van der Waals surface area contributed by atoms with E-state index in [1.807, 2.05) is 14.2 Å². The van der Waals surface area contributed by atoms with E-state index in [4.69, 9.17) is 9.47 Å². The summed E-state index contributed by atoms with van der Waals surface area (Å²) in [6.07, 6.45) is 0.212. The number of fused-ring (bicyclic) bond motifs is 2. The molecule has 16 rings (SSSR count). The Balaban J connectivity index is 1.42. The normalized spacial score (nSPS) is 77.2. The summed E-state index contributed by atoms with van der Waals surface area (Å²) in [4.78, 5) is 35.3. The van der Waals surface area contributed by atoms with Gasteiger partial charge in [-0.15, -0.1) is 0 Å². The van der Waals surface area contributed by atoms with Gasteiger partial charge in [0.25, 0.3) is 0 Å². The first kappa shape index (κ1) is 15.8. The lowest BCUT2D eigenvalue weighted by molar-refractivity contribution is -0.336. The van der Waals surface area contributed by atoms with Gasteiger partial charge in [0.15, 0.2) is 0 Å². The van der Waals surface area contributed by atoms with Crippen LogP contribution in [-0.4, -0.2) is 59.0 Å². The summed E-state index contributed by atoms with van der Waals surface area (Å²) in [6.45, 7) is 0. The number of methoxy groups -OCH3 is 2. The Morgan fingerprint density at radius 1 is 0.625 bits per heavy atom. The van der Waals surface area contributed by atoms with Gasteiger partial charge in [0.2, 0.25) is 11.6 Å². The van der Waals surface area contributed by atoms with E-state index in [0.29, 0.717) is 46.9 Å². The lowest BCUT2D eigenvalue weighted by Crippen LogP contribution is -2.83. The molecule has 0 aromatic rings. The second kappa shape index (κ2) is 3.56. The molecule has 16 aliphatic carbocycles. The zero-order valence-electron chi connectivity index (χ0n) is 17.5. The number of hydrogen-bond donors (Lipinski definition) is 0. The maximum Gasteiger partial charge on any atom is 0.338 e. The largest absolute Gasteiger partial charge is 0.381 e. The fourth-order valence-corrected chi connectivity index (χ4v) is 16.9. The molecule has 4 spiro atoms. The van der Waals surface area contributed by atoms with E-state index in [9.17, 15) is 20.7 Å². The maximum absolute atomic E-state index is 14.0. The third-order valence-corrected chi connectivity index (χ3v) is 14.7. The van der Waals surface area contributed by atoms with E-state index in [1.54, 1.807) is 0 Å². The molecule has 16 bridgehead atoms. The Bertz CT molecular complexity index is 1250. The Kier molecular flexibility index (Phi) is 1.76. The van der Waals surface area contributed by atoms with Gasteiger partial charge in [-0.1, -0.05) is 0 Å². The second-order valence-electron chi connectivity index (χ2n) is 12.9. The number of Topliss-reactive ketones (excluding diaryl/α,β-unsaturated/α-hetero) is 2. The van der Waals surface area contributed by atoms with Crippen molar-refractivity contribution >= 4 is 23.0 Å². The summed E-state index contributed by atoms with van der Waals surface area (Å²) in [5.41, 5.74) is 20.1. The smallest absolute Gasteiger partial charge is 0.338 e. The summed E-state index contributed by atoms with van der Waals surface area (Å²) in [6, 6.07) is 0. The molecule has 14 atom stereocenters.